The second kappa shape index (κ2) is 8.59. The van der Waals surface area contributed by atoms with Gasteiger partial charge in [-0.25, -0.2) is 8.42 Å². The molecule has 1 heterocycles. The van der Waals surface area contributed by atoms with Gasteiger partial charge in [0, 0.05) is 19.0 Å². The Morgan fingerprint density at radius 3 is 2.37 bits per heavy atom. The molecule has 1 aromatic rings. The van der Waals surface area contributed by atoms with Crippen molar-refractivity contribution in [2.24, 2.45) is 0 Å². The Morgan fingerprint density at radius 1 is 1.15 bits per heavy atom. The number of hydrogen-bond acceptors (Lipinski definition) is 5. The normalized spacial score (nSPS) is 18.7. The number of sulfone groups is 1. The van der Waals surface area contributed by atoms with E-state index < -0.39 is 28.1 Å². The summed E-state index contributed by atoms with van der Waals surface area (Å²) in [5, 5.41) is 5.13. The van der Waals surface area contributed by atoms with Crippen LogP contribution in [0, 0.1) is 0 Å². The Hall–Kier alpha value is -2.30. The van der Waals surface area contributed by atoms with Gasteiger partial charge in [0.05, 0.1) is 17.9 Å². The molecule has 1 saturated heterocycles. The molecular weight excluding hydrogens is 389 g/mol. The van der Waals surface area contributed by atoms with E-state index in [2.05, 4.69) is 15.4 Å². The molecule has 0 saturated carbocycles. The minimum atomic E-state index is -4.78. The highest BCUT2D eigenvalue weighted by Crippen LogP contribution is 2.22. The molecule has 1 unspecified atom stereocenters. The first-order valence-electron chi connectivity index (χ1n) is 8.13. The number of alkyl halides is 3. The summed E-state index contributed by atoms with van der Waals surface area (Å²) < 4.78 is 62.6. The van der Waals surface area contributed by atoms with Crippen LogP contribution in [0.5, 0.6) is 5.75 Å². The molecule has 2 N–H and O–H groups in total. The summed E-state index contributed by atoms with van der Waals surface area (Å²) in [5.74, 6) is -1.14. The summed E-state index contributed by atoms with van der Waals surface area (Å²) in [6.07, 6.45) is -4.45. The molecule has 0 aromatic heterocycles. The summed E-state index contributed by atoms with van der Waals surface area (Å²) >= 11 is 0. The third kappa shape index (κ3) is 7.85. The quantitative estimate of drug-likeness (QED) is 0.699. The molecule has 27 heavy (non-hydrogen) atoms. The summed E-state index contributed by atoms with van der Waals surface area (Å²) in [5.41, 5.74) is 0.489. The highest BCUT2D eigenvalue weighted by atomic mass is 32.2. The lowest BCUT2D eigenvalue weighted by Gasteiger charge is -2.11. The third-order valence-electron chi connectivity index (χ3n) is 3.79. The maximum atomic E-state index is 12.1. The second-order valence-electron chi connectivity index (χ2n) is 6.14. The van der Waals surface area contributed by atoms with Crippen LogP contribution >= 0.6 is 0 Å². The van der Waals surface area contributed by atoms with Gasteiger partial charge in [0.25, 0.3) is 0 Å². The lowest BCUT2D eigenvalue weighted by Crippen LogP contribution is -2.37. The highest BCUT2D eigenvalue weighted by Gasteiger charge is 2.31. The molecule has 0 radical (unpaired) electrons. The van der Waals surface area contributed by atoms with Crippen molar-refractivity contribution in [2.45, 2.75) is 31.7 Å². The van der Waals surface area contributed by atoms with Crippen LogP contribution in [0.3, 0.4) is 0 Å². The van der Waals surface area contributed by atoms with Crippen molar-refractivity contribution in [3.05, 3.63) is 29.8 Å². The van der Waals surface area contributed by atoms with Gasteiger partial charge in [-0.05, 0) is 24.1 Å². The van der Waals surface area contributed by atoms with Gasteiger partial charge < -0.3 is 15.4 Å². The van der Waals surface area contributed by atoms with E-state index in [1.165, 1.54) is 12.1 Å². The summed E-state index contributed by atoms with van der Waals surface area (Å²) in [6, 6.07) is 4.51. The van der Waals surface area contributed by atoms with Gasteiger partial charge in [0.1, 0.15) is 5.75 Å². The second-order valence-corrected chi connectivity index (χ2v) is 8.36. The predicted octanol–water partition coefficient (Wildman–Crippen LogP) is 0.937. The molecule has 1 aliphatic rings. The van der Waals surface area contributed by atoms with Gasteiger partial charge in [-0.15, -0.1) is 13.2 Å². The first kappa shape index (κ1) is 21.0. The summed E-state index contributed by atoms with van der Waals surface area (Å²) in [4.78, 5) is 23.5. The van der Waals surface area contributed by atoms with Gasteiger partial charge in [0.2, 0.25) is 11.8 Å². The van der Waals surface area contributed by atoms with E-state index in [0.717, 1.165) is 12.1 Å². The van der Waals surface area contributed by atoms with E-state index in [1.807, 2.05) is 0 Å². The number of amides is 2. The Morgan fingerprint density at radius 2 is 1.81 bits per heavy atom. The number of nitrogens with one attached hydrogen (secondary N) is 2. The van der Waals surface area contributed by atoms with Crippen LogP contribution in [0.2, 0.25) is 0 Å². The molecular formula is C16H19F3N2O5S. The standard InChI is InChI=1S/C16H19F3N2O5S/c17-16(18,19)26-13-3-1-11(2-4-13)9-15(23)20-7-5-14(22)21-12-6-8-27(24,25)10-12/h1-4,12H,5-10H2,(H,20,23)(H,21,22). The van der Waals surface area contributed by atoms with Crippen LogP contribution in [-0.2, 0) is 25.8 Å². The average Bonchev–Trinajstić information content (AvgIpc) is 2.86. The number of ether oxygens (including phenoxy) is 1. The average molecular weight is 408 g/mol. The number of benzene rings is 1. The molecule has 0 aliphatic carbocycles. The number of rotatable bonds is 7. The fourth-order valence-electron chi connectivity index (χ4n) is 2.58. The van der Waals surface area contributed by atoms with Crippen molar-refractivity contribution in [3.63, 3.8) is 0 Å². The van der Waals surface area contributed by atoms with E-state index in [9.17, 15) is 31.2 Å². The molecule has 1 aromatic carbocycles. The van der Waals surface area contributed by atoms with Crippen molar-refractivity contribution in [2.75, 3.05) is 18.1 Å². The van der Waals surface area contributed by atoms with Crippen LogP contribution in [0.1, 0.15) is 18.4 Å². The van der Waals surface area contributed by atoms with Crippen molar-refractivity contribution in [1.29, 1.82) is 0 Å². The molecule has 150 valence electrons. The number of carbonyl (C=O) groups excluding carboxylic acids is 2. The first-order valence-corrected chi connectivity index (χ1v) is 9.96. The predicted molar refractivity (Wildman–Crippen MR) is 89.7 cm³/mol. The van der Waals surface area contributed by atoms with Gasteiger partial charge in [-0.1, -0.05) is 12.1 Å². The number of halogens is 3. The van der Waals surface area contributed by atoms with Crippen LogP contribution < -0.4 is 15.4 Å². The van der Waals surface area contributed by atoms with Crippen molar-refractivity contribution >= 4 is 21.7 Å². The molecule has 7 nitrogen and oxygen atoms in total. The molecule has 2 rings (SSSR count). The molecule has 1 atom stereocenters. The Kier molecular flexibility index (Phi) is 6.68. The van der Waals surface area contributed by atoms with E-state index in [-0.39, 0.29) is 42.5 Å². The van der Waals surface area contributed by atoms with E-state index in [0.29, 0.717) is 12.0 Å². The zero-order valence-corrected chi connectivity index (χ0v) is 15.0. The Bertz CT molecular complexity index is 778. The first-order chi connectivity index (χ1) is 12.5. The van der Waals surface area contributed by atoms with Crippen molar-refractivity contribution in [1.82, 2.24) is 10.6 Å². The van der Waals surface area contributed by atoms with Crippen molar-refractivity contribution in [3.8, 4) is 5.75 Å². The smallest absolute Gasteiger partial charge is 0.406 e. The molecule has 0 bridgehead atoms. The fourth-order valence-corrected chi connectivity index (χ4v) is 4.25. The lowest BCUT2D eigenvalue weighted by atomic mass is 10.1. The lowest BCUT2D eigenvalue weighted by molar-refractivity contribution is -0.274. The third-order valence-corrected chi connectivity index (χ3v) is 5.56. The monoisotopic (exact) mass is 408 g/mol. The molecule has 1 aliphatic heterocycles. The largest absolute Gasteiger partial charge is 0.573 e. The molecule has 0 spiro atoms. The Labute approximate surface area is 154 Å². The molecule has 11 heteroatoms. The highest BCUT2D eigenvalue weighted by molar-refractivity contribution is 7.91. The van der Waals surface area contributed by atoms with E-state index in [4.69, 9.17) is 0 Å². The zero-order chi connectivity index (χ0) is 20.1. The van der Waals surface area contributed by atoms with Crippen LogP contribution in [0.15, 0.2) is 24.3 Å². The van der Waals surface area contributed by atoms with Crippen molar-refractivity contribution < 1.29 is 35.9 Å². The van der Waals surface area contributed by atoms with Gasteiger partial charge in [0.15, 0.2) is 9.84 Å². The van der Waals surface area contributed by atoms with Gasteiger partial charge >= 0.3 is 6.36 Å². The minimum absolute atomic E-state index is 0.000643. The van der Waals surface area contributed by atoms with Gasteiger partial charge in [-0.2, -0.15) is 0 Å². The maximum Gasteiger partial charge on any atom is 0.573 e. The molecule has 2 amide bonds. The summed E-state index contributed by atoms with van der Waals surface area (Å²) in [6.45, 7) is 0.0689. The van der Waals surface area contributed by atoms with Crippen LogP contribution in [0.25, 0.3) is 0 Å². The van der Waals surface area contributed by atoms with Gasteiger partial charge in [-0.3, -0.25) is 9.59 Å². The van der Waals surface area contributed by atoms with Crippen LogP contribution in [0.4, 0.5) is 13.2 Å². The SMILES string of the molecule is O=C(Cc1ccc(OC(F)(F)F)cc1)NCCC(=O)NC1CCS(=O)(=O)C1. The Balaban J connectivity index is 1.68. The molecule has 1 fully saturated rings. The maximum absolute atomic E-state index is 12.1. The number of carbonyl (C=O) groups is 2. The zero-order valence-electron chi connectivity index (χ0n) is 14.2. The minimum Gasteiger partial charge on any atom is -0.406 e. The van der Waals surface area contributed by atoms with E-state index >= 15 is 0 Å². The van der Waals surface area contributed by atoms with Crippen LogP contribution in [-0.4, -0.2) is 50.7 Å². The summed E-state index contributed by atoms with van der Waals surface area (Å²) in [7, 11) is -3.08. The fraction of sp³-hybridized carbons (Fsp3) is 0.500. The topological polar surface area (TPSA) is 102 Å². The number of hydrogen-bond donors (Lipinski definition) is 2. The van der Waals surface area contributed by atoms with E-state index in [1.54, 1.807) is 0 Å².